The third-order valence-corrected chi connectivity index (χ3v) is 2.74. The Labute approximate surface area is 110 Å². The summed E-state index contributed by atoms with van der Waals surface area (Å²) in [7, 11) is 1.87. The fraction of sp³-hybridized carbons (Fsp3) is 0.250. The van der Waals surface area contributed by atoms with Crippen LogP contribution in [0.5, 0.6) is 0 Å². The number of hydrogen-bond acceptors (Lipinski definition) is 5. The monoisotopic (exact) mass is 261 g/mol. The molecule has 0 spiro atoms. The number of hydrogen-bond donors (Lipinski definition) is 3. The average Bonchev–Trinajstić information content (AvgIpc) is 2.77. The van der Waals surface area contributed by atoms with Crippen molar-refractivity contribution in [3.05, 3.63) is 35.8 Å². The molecule has 0 atom stereocenters. The number of carboxylic acids is 1. The van der Waals surface area contributed by atoms with Crippen LogP contribution < -0.4 is 11.1 Å². The van der Waals surface area contributed by atoms with Gasteiger partial charge in [-0.2, -0.15) is 5.10 Å². The highest BCUT2D eigenvalue weighted by Gasteiger charge is 2.08. The van der Waals surface area contributed by atoms with Gasteiger partial charge in [0.1, 0.15) is 5.82 Å². The third-order valence-electron chi connectivity index (χ3n) is 2.74. The van der Waals surface area contributed by atoms with Gasteiger partial charge in [0, 0.05) is 31.9 Å². The topological polar surface area (TPSA) is 106 Å². The summed E-state index contributed by atoms with van der Waals surface area (Å²) in [5, 5.41) is 16.0. The maximum Gasteiger partial charge on any atom is 0.354 e. The van der Waals surface area contributed by atoms with Crippen LogP contribution in [0.1, 0.15) is 16.2 Å². The molecule has 2 aromatic heterocycles. The zero-order valence-corrected chi connectivity index (χ0v) is 10.5. The Bertz CT molecular complexity index is 594. The zero-order valence-electron chi connectivity index (χ0n) is 10.5. The van der Waals surface area contributed by atoms with E-state index < -0.39 is 5.97 Å². The van der Waals surface area contributed by atoms with Gasteiger partial charge >= 0.3 is 5.97 Å². The summed E-state index contributed by atoms with van der Waals surface area (Å²) < 4.78 is 1.78. The maximum atomic E-state index is 10.8. The van der Waals surface area contributed by atoms with Crippen molar-refractivity contribution in [1.82, 2.24) is 14.8 Å². The number of nitrogens with two attached hydrogens (primary N) is 1. The highest BCUT2D eigenvalue weighted by atomic mass is 16.4. The quantitative estimate of drug-likeness (QED) is 0.733. The molecule has 7 heteroatoms. The molecule has 0 aliphatic heterocycles. The number of anilines is 2. The van der Waals surface area contributed by atoms with Gasteiger partial charge in [0.15, 0.2) is 5.69 Å². The minimum atomic E-state index is -1.07. The zero-order chi connectivity index (χ0) is 13.8. The largest absolute Gasteiger partial charge is 0.477 e. The van der Waals surface area contributed by atoms with Gasteiger partial charge < -0.3 is 16.2 Å². The number of aromatic nitrogens is 3. The molecule has 2 heterocycles. The fourth-order valence-electron chi connectivity index (χ4n) is 1.69. The van der Waals surface area contributed by atoms with E-state index in [1.807, 2.05) is 13.1 Å². The van der Waals surface area contributed by atoms with Gasteiger partial charge in [-0.15, -0.1) is 0 Å². The fourth-order valence-corrected chi connectivity index (χ4v) is 1.69. The number of carboxylic acid groups (broad SMARTS) is 1. The molecule has 4 N–H and O–H groups in total. The minimum absolute atomic E-state index is 0.0303. The first kappa shape index (κ1) is 12.9. The van der Waals surface area contributed by atoms with E-state index >= 15 is 0 Å². The summed E-state index contributed by atoms with van der Waals surface area (Å²) in [4.78, 5) is 14.8. The van der Waals surface area contributed by atoms with E-state index in [-0.39, 0.29) is 5.69 Å². The molecule has 0 aliphatic carbocycles. The summed E-state index contributed by atoms with van der Waals surface area (Å²) in [6, 6.07) is 4.83. The standard InChI is InChI=1S/C12H15N5O2/c1-17-8(5-7-15-17)4-6-14-11-9(13)2-3-10(16-11)12(18)19/h2-3,5,7H,4,6,13H2,1H3,(H,14,16)(H,18,19). The van der Waals surface area contributed by atoms with Crippen LogP contribution in [0.25, 0.3) is 0 Å². The predicted octanol–water partition coefficient (Wildman–Crippen LogP) is 0.750. The van der Waals surface area contributed by atoms with Crippen LogP contribution in [0.2, 0.25) is 0 Å². The van der Waals surface area contributed by atoms with Crippen LogP contribution in [0.3, 0.4) is 0 Å². The van der Waals surface area contributed by atoms with Gasteiger partial charge in [-0.25, -0.2) is 9.78 Å². The summed E-state index contributed by atoms with van der Waals surface area (Å²) in [6.07, 6.45) is 2.47. The molecule has 0 aliphatic rings. The molecular weight excluding hydrogens is 246 g/mol. The maximum absolute atomic E-state index is 10.8. The highest BCUT2D eigenvalue weighted by molar-refractivity contribution is 5.86. The van der Waals surface area contributed by atoms with Crippen molar-refractivity contribution in [2.24, 2.45) is 7.05 Å². The van der Waals surface area contributed by atoms with Crippen LogP contribution in [0.15, 0.2) is 24.4 Å². The number of aromatic carboxylic acids is 1. The summed E-state index contributed by atoms with van der Waals surface area (Å²) >= 11 is 0. The van der Waals surface area contributed by atoms with Gasteiger partial charge in [0.25, 0.3) is 0 Å². The molecule has 0 radical (unpaired) electrons. The number of rotatable bonds is 5. The number of aryl methyl sites for hydroxylation is 1. The second-order valence-electron chi connectivity index (χ2n) is 4.06. The van der Waals surface area contributed by atoms with Crippen LogP contribution in [0.4, 0.5) is 11.5 Å². The first-order chi connectivity index (χ1) is 9.08. The lowest BCUT2D eigenvalue weighted by atomic mass is 10.3. The van der Waals surface area contributed by atoms with Crippen molar-refractivity contribution in [3.8, 4) is 0 Å². The predicted molar refractivity (Wildman–Crippen MR) is 71.0 cm³/mol. The Hall–Kier alpha value is -2.57. The van der Waals surface area contributed by atoms with Crippen LogP contribution >= 0.6 is 0 Å². The highest BCUT2D eigenvalue weighted by Crippen LogP contribution is 2.15. The van der Waals surface area contributed by atoms with Crippen molar-refractivity contribution in [1.29, 1.82) is 0 Å². The molecule has 0 unspecified atom stereocenters. The SMILES string of the molecule is Cn1nccc1CCNc1nc(C(=O)O)ccc1N. The summed E-state index contributed by atoms with van der Waals surface area (Å²) in [6.45, 7) is 0.597. The summed E-state index contributed by atoms with van der Waals surface area (Å²) in [5.41, 5.74) is 7.21. The molecule has 0 saturated carbocycles. The van der Waals surface area contributed by atoms with Crippen LogP contribution in [-0.4, -0.2) is 32.4 Å². The molecular formula is C12H15N5O2. The third kappa shape index (κ3) is 3.01. The molecule has 100 valence electrons. The van der Waals surface area contributed by atoms with Crippen molar-refractivity contribution < 1.29 is 9.90 Å². The van der Waals surface area contributed by atoms with E-state index in [4.69, 9.17) is 10.8 Å². The number of nitrogen functional groups attached to an aromatic ring is 1. The smallest absolute Gasteiger partial charge is 0.354 e. The molecule has 0 fully saturated rings. The second kappa shape index (κ2) is 5.38. The Morgan fingerprint density at radius 1 is 1.47 bits per heavy atom. The first-order valence-corrected chi connectivity index (χ1v) is 5.78. The number of carbonyl (C=O) groups is 1. The van der Waals surface area contributed by atoms with Crippen molar-refractivity contribution in [2.75, 3.05) is 17.6 Å². The molecule has 0 aromatic carbocycles. The van der Waals surface area contributed by atoms with E-state index in [2.05, 4.69) is 15.4 Å². The lowest BCUT2D eigenvalue weighted by Crippen LogP contribution is -2.12. The molecule has 19 heavy (non-hydrogen) atoms. The van der Waals surface area contributed by atoms with Crippen molar-refractivity contribution in [2.45, 2.75) is 6.42 Å². The normalized spacial score (nSPS) is 10.4. The van der Waals surface area contributed by atoms with Gasteiger partial charge in [-0.3, -0.25) is 4.68 Å². The van der Waals surface area contributed by atoms with E-state index in [9.17, 15) is 4.79 Å². The number of nitrogens with one attached hydrogen (secondary N) is 1. The van der Waals surface area contributed by atoms with E-state index in [1.165, 1.54) is 12.1 Å². The minimum Gasteiger partial charge on any atom is -0.477 e. The Kier molecular flexibility index (Phi) is 3.65. The van der Waals surface area contributed by atoms with Gasteiger partial charge in [-0.05, 0) is 18.2 Å². The Morgan fingerprint density at radius 2 is 2.26 bits per heavy atom. The molecule has 2 aromatic rings. The van der Waals surface area contributed by atoms with E-state index in [1.54, 1.807) is 10.9 Å². The lowest BCUT2D eigenvalue weighted by molar-refractivity contribution is 0.0690. The molecule has 2 rings (SSSR count). The molecule has 0 saturated heterocycles. The van der Waals surface area contributed by atoms with Crippen molar-refractivity contribution in [3.63, 3.8) is 0 Å². The number of pyridine rings is 1. The number of nitrogens with zero attached hydrogens (tertiary/aromatic N) is 3. The van der Waals surface area contributed by atoms with E-state index in [0.717, 1.165) is 12.1 Å². The molecule has 0 bridgehead atoms. The first-order valence-electron chi connectivity index (χ1n) is 5.78. The summed E-state index contributed by atoms with van der Waals surface area (Å²) in [5.74, 6) is -0.684. The lowest BCUT2D eigenvalue weighted by Gasteiger charge is -2.09. The van der Waals surface area contributed by atoms with Crippen molar-refractivity contribution >= 4 is 17.5 Å². The molecule has 7 nitrogen and oxygen atoms in total. The second-order valence-corrected chi connectivity index (χ2v) is 4.06. The van der Waals surface area contributed by atoms with Crippen LogP contribution in [0, 0.1) is 0 Å². The van der Waals surface area contributed by atoms with Gasteiger partial charge in [-0.1, -0.05) is 0 Å². The molecule has 0 amide bonds. The Balaban J connectivity index is 2.01. The van der Waals surface area contributed by atoms with Crippen LogP contribution in [-0.2, 0) is 13.5 Å². The Morgan fingerprint density at radius 3 is 2.89 bits per heavy atom. The van der Waals surface area contributed by atoms with E-state index in [0.29, 0.717) is 18.1 Å². The average molecular weight is 261 g/mol. The van der Waals surface area contributed by atoms with Gasteiger partial charge in [0.2, 0.25) is 0 Å². The van der Waals surface area contributed by atoms with Gasteiger partial charge in [0.05, 0.1) is 5.69 Å².